The van der Waals surface area contributed by atoms with Crippen molar-refractivity contribution in [1.29, 1.82) is 0 Å². The van der Waals surface area contributed by atoms with Crippen LogP contribution in [0.3, 0.4) is 0 Å². The summed E-state index contributed by atoms with van der Waals surface area (Å²) in [4.78, 5) is 10.3. The maximum Gasteiger partial charge on any atom is 0.364 e. The van der Waals surface area contributed by atoms with Gasteiger partial charge in [0.05, 0.1) is 4.90 Å². The second kappa shape index (κ2) is 5.51. The average molecular weight is 311 g/mol. The molecule has 6 nitrogen and oxygen atoms in total. The first kappa shape index (κ1) is 14.9. The first-order valence-corrected chi connectivity index (χ1v) is 7.15. The molecule has 110 valence electrons. The number of rotatable bonds is 4. The van der Waals surface area contributed by atoms with Crippen LogP contribution in [0, 0.1) is 0 Å². The Labute approximate surface area is 119 Å². The van der Waals surface area contributed by atoms with Crippen molar-refractivity contribution in [2.24, 2.45) is 5.14 Å². The van der Waals surface area contributed by atoms with E-state index in [-0.39, 0.29) is 10.7 Å². The van der Waals surface area contributed by atoms with Gasteiger partial charge < -0.3 is 9.52 Å². The molecule has 2 aromatic rings. The molecule has 1 heterocycles. The molecule has 0 unspecified atom stereocenters. The highest BCUT2D eigenvalue weighted by Crippen LogP contribution is 2.24. The minimum absolute atomic E-state index is 0.0282. The molecular formula is C13H10FNO5S. The zero-order valence-electron chi connectivity index (χ0n) is 10.5. The van der Waals surface area contributed by atoms with Crippen molar-refractivity contribution in [3.05, 3.63) is 48.0 Å². The summed E-state index contributed by atoms with van der Waals surface area (Å²) in [5.41, 5.74) is 0.540. The van der Waals surface area contributed by atoms with Crippen molar-refractivity contribution in [2.75, 3.05) is 0 Å². The molecule has 0 amide bonds. The van der Waals surface area contributed by atoms with E-state index in [2.05, 4.69) is 0 Å². The van der Waals surface area contributed by atoms with Gasteiger partial charge in [0.2, 0.25) is 15.9 Å². The number of primary sulfonamides is 1. The van der Waals surface area contributed by atoms with Crippen LogP contribution in [0.2, 0.25) is 0 Å². The van der Waals surface area contributed by atoms with Gasteiger partial charge in [-0.15, -0.1) is 0 Å². The van der Waals surface area contributed by atoms with E-state index in [4.69, 9.17) is 14.7 Å². The quantitative estimate of drug-likeness (QED) is 0.839. The minimum atomic E-state index is -3.78. The Kier molecular flexibility index (Phi) is 3.92. The summed E-state index contributed by atoms with van der Waals surface area (Å²) in [6.07, 6.45) is 0.741. The van der Waals surface area contributed by atoms with Gasteiger partial charge in [0.25, 0.3) is 0 Å². The fraction of sp³-hybridized carbons (Fsp3) is 0. The monoisotopic (exact) mass is 311 g/mol. The van der Waals surface area contributed by atoms with E-state index in [9.17, 15) is 17.6 Å². The lowest BCUT2D eigenvalue weighted by Crippen LogP contribution is -2.11. The summed E-state index contributed by atoms with van der Waals surface area (Å²) < 4.78 is 40.4. The smallest absolute Gasteiger partial charge is 0.364 e. The number of sulfonamides is 1. The second-order valence-corrected chi connectivity index (χ2v) is 5.63. The van der Waals surface area contributed by atoms with Crippen LogP contribution in [0.4, 0.5) is 4.39 Å². The molecule has 0 aliphatic carbocycles. The molecule has 1 aromatic carbocycles. The molecule has 1 aromatic heterocycles. The normalized spacial score (nSPS) is 12.4. The van der Waals surface area contributed by atoms with Crippen molar-refractivity contribution in [1.82, 2.24) is 0 Å². The lowest BCUT2D eigenvalue weighted by atomic mass is 10.2. The maximum absolute atomic E-state index is 12.9. The zero-order chi connectivity index (χ0) is 15.6. The summed E-state index contributed by atoms with van der Waals surface area (Å²) in [6.45, 7) is 0. The molecule has 0 aliphatic rings. The van der Waals surface area contributed by atoms with Gasteiger partial charge in [-0.25, -0.2) is 18.4 Å². The van der Waals surface area contributed by atoms with E-state index in [1.54, 1.807) is 0 Å². The van der Waals surface area contributed by atoms with Crippen LogP contribution in [0.25, 0.3) is 17.4 Å². The molecule has 0 saturated heterocycles. The number of halogens is 1. The summed E-state index contributed by atoms with van der Waals surface area (Å²) in [5.74, 6) is -2.67. The third-order valence-electron chi connectivity index (χ3n) is 2.57. The van der Waals surface area contributed by atoms with Crippen LogP contribution in [0.5, 0.6) is 0 Å². The summed E-state index contributed by atoms with van der Waals surface area (Å²) in [7, 11) is -3.78. The molecule has 3 N–H and O–H groups in total. The van der Waals surface area contributed by atoms with Crippen molar-refractivity contribution < 1.29 is 27.1 Å². The van der Waals surface area contributed by atoms with Gasteiger partial charge in [0, 0.05) is 11.6 Å². The van der Waals surface area contributed by atoms with Crippen LogP contribution in [-0.4, -0.2) is 19.5 Å². The number of benzene rings is 1. The van der Waals surface area contributed by atoms with Gasteiger partial charge in [0.1, 0.15) is 11.5 Å². The van der Waals surface area contributed by atoms with E-state index >= 15 is 0 Å². The third kappa shape index (κ3) is 3.56. The molecule has 0 spiro atoms. The van der Waals surface area contributed by atoms with Gasteiger partial charge in [-0.05, 0) is 36.4 Å². The van der Waals surface area contributed by atoms with Crippen molar-refractivity contribution in [3.8, 4) is 11.3 Å². The van der Waals surface area contributed by atoms with Crippen LogP contribution in [-0.2, 0) is 14.8 Å². The van der Waals surface area contributed by atoms with Crippen molar-refractivity contribution in [3.63, 3.8) is 0 Å². The van der Waals surface area contributed by atoms with E-state index < -0.39 is 21.8 Å². The Morgan fingerprint density at radius 1 is 1.19 bits per heavy atom. The van der Waals surface area contributed by atoms with Gasteiger partial charge >= 0.3 is 5.97 Å². The number of nitrogens with two attached hydrogens (primary N) is 1. The molecule has 0 aliphatic heterocycles. The molecule has 0 atom stereocenters. The Morgan fingerprint density at radius 3 is 2.33 bits per heavy atom. The van der Waals surface area contributed by atoms with Crippen LogP contribution >= 0.6 is 0 Å². The number of carboxylic acids is 1. The molecule has 0 fully saturated rings. The summed E-state index contributed by atoms with van der Waals surface area (Å²) >= 11 is 0. The van der Waals surface area contributed by atoms with Gasteiger partial charge in [0.15, 0.2) is 0 Å². The predicted molar refractivity (Wildman–Crippen MR) is 72.2 cm³/mol. The Balaban J connectivity index is 2.30. The largest absolute Gasteiger partial charge is 0.476 e. The molecule has 2 rings (SSSR count). The average Bonchev–Trinajstić information content (AvgIpc) is 2.86. The first-order valence-electron chi connectivity index (χ1n) is 5.61. The Hall–Kier alpha value is -2.45. The van der Waals surface area contributed by atoms with E-state index in [1.165, 1.54) is 36.4 Å². The standard InChI is InChI=1S/C13H10FNO5S/c14-11(13(16)17)7-9-3-6-12(20-9)8-1-4-10(5-2-8)21(15,18)19/h1-7H,(H,16,17)(H2,15,18,19). The SMILES string of the molecule is NS(=O)(=O)c1ccc(-c2ccc(C=C(F)C(=O)O)o2)cc1. The highest BCUT2D eigenvalue weighted by atomic mass is 32.2. The molecular weight excluding hydrogens is 301 g/mol. The highest BCUT2D eigenvalue weighted by molar-refractivity contribution is 7.89. The molecule has 0 radical (unpaired) electrons. The fourth-order valence-electron chi connectivity index (χ4n) is 1.58. The van der Waals surface area contributed by atoms with Gasteiger partial charge in [-0.3, -0.25) is 0 Å². The number of hydrogen-bond donors (Lipinski definition) is 2. The summed E-state index contributed by atoms with van der Waals surface area (Å²) in [5, 5.41) is 13.4. The fourth-order valence-corrected chi connectivity index (χ4v) is 2.10. The molecule has 8 heteroatoms. The van der Waals surface area contributed by atoms with E-state index in [0.29, 0.717) is 11.3 Å². The number of carbonyl (C=O) groups is 1. The van der Waals surface area contributed by atoms with Crippen molar-refractivity contribution in [2.45, 2.75) is 4.90 Å². The highest BCUT2D eigenvalue weighted by Gasteiger charge is 2.10. The molecule has 0 saturated carbocycles. The number of hydrogen-bond acceptors (Lipinski definition) is 4. The first-order chi connectivity index (χ1) is 9.77. The Bertz CT molecular complexity index is 805. The van der Waals surface area contributed by atoms with E-state index in [0.717, 1.165) is 6.08 Å². The Morgan fingerprint density at radius 2 is 1.81 bits per heavy atom. The van der Waals surface area contributed by atoms with Crippen LogP contribution < -0.4 is 5.14 Å². The van der Waals surface area contributed by atoms with Gasteiger partial charge in [-0.1, -0.05) is 0 Å². The number of carboxylic acid groups (broad SMARTS) is 1. The third-order valence-corrected chi connectivity index (χ3v) is 3.50. The molecule has 21 heavy (non-hydrogen) atoms. The number of furan rings is 1. The summed E-state index contributed by atoms with van der Waals surface area (Å²) in [6, 6.07) is 8.46. The lowest BCUT2D eigenvalue weighted by Gasteiger charge is -2.00. The van der Waals surface area contributed by atoms with Crippen LogP contribution in [0.1, 0.15) is 5.76 Å². The van der Waals surface area contributed by atoms with Gasteiger partial charge in [-0.2, -0.15) is 4.39 Å². The second-order valence-electron chi connectivity index (χ2n) is 4.07. The minimum Gasteiger partial charge on any atom is -0.476 e. The topological polar surface area (TPSA) is 111 Å². The predicted octanol–water partition coefficient (Wildman–Crippen LogP) is 1.99. The maximum atomic E-state index is 12.9. The number of aliphatic carboxylic acids is 1. The zero-order valence-corrected chi connectivity index (χ0v) is 11.3. The lowest BCUT2D eigenvalue weighted by molar-refractivity contribution is -0.134. The van der Waals surface area contributed by atoms with E-state index in [1.807, 2.05) is 0 Å². The van der Waals surface area contributed by atoms with Crippen molar-refractivity contribution >= 4 is 22.1 Å². The molecule has 0 bridgehead atoms. The van der Waals surface area contributed by atoms with Crippen LogP contribution in [0.15, 0.2) is 51.5 Å².